The molecule has 0 saturated heterocycles. The van der Waals surface area contributed by atoms with Crippen molar-refractivity contribution in [3.05, 3.63) is 40.4 Å². The molecule has 0 amide bonds. The van der Waals surface area contributed by atoms with Gasteiger partial charge >= 0.3 is 0 Å². The minimum Gasteiger partial charge on any atom is -0.486 e. The van der Waals surface area contributed by atoms with Crippen molar-refractivity contribution in [2.24, 2.45) is 12.8 Å². The molecule has 0 aromatic carbocycles. The Bertz CT molecular complexity index is 551. The minimum atomic E-state index is 0.367. The van der Waals surface area contributed by atoms with E-state index >= 15 is 0 Å². The largest absolute Gasteiger partial charge is 0.486 e. The summed E-state index contributed by atoms with van der Waals surface area (Å²) in [5.74, 6) is 0.688. The Hall–Kier alpha value is -1.59. The van der Waals surface area contributed by atoms with Crippen molar-refractivity contribution in [2.75, 3.05) is 0 Å². The number of hydrogen-bond donors (Lipinski definition) is 1. The van der Waals surface area contributed by atoms with Crippen molar-refractivity contribution in [1.29, 1.82) is 0 Å². The molecule has 19 heavy (non-hydrogen) atoms. The number of aryl methyl sites for hydroxylation is 2. The molecule has 2 rings (SSSR count). The Balaban J connectivity index is 2.07. The van der Waals surface area contributed by atoms with E-state index in [1.54, 1.807) is 10.9 Å². The van der Waals surface area contributed by atoms with Crippen LogP contribution in [0.1, 0.15) is 24.0 Å². The first kappa shape index (κ1) is 13.8. The van der Waals surface area contributed by atoms with Gasteiger partial charge in [0.25, 0.3) is 0 Å². The van der Waals surface area contributed by atoms with Gasteiger partial charge in [-0.1, -0.05) is 18.5 Å². The number of nitrogens with two attached hydrogens (primary N) is 1. The molecule has 0 spiro atoms. The number of pyridine rings is 1. The van der Waals surface area contributed by atoms with Gasteiger partial charge in [-0.15, -0.1) is 0 Å². The molecule has 2 aromatic rings. The zero-order valence-corrected chi connectivity index (χ0v) is 11.8. The zero-order valence-electron chi connectivity index (χ0n) is 11.1. The minimum absolute atomic E-state index is 0.367. The molecule has 2 aromatic heterocycles. The van der Waals surface area contributed by atoms with E-state index in [2.05, 4.69) is 10.1 Å². The fourth-order valence-electron chi connectivity index (χ4n) is 1.75. The molecule has 0 aliphatic rings. The van der Waals surface area contributed by atoms with Crippen molar-refractivity contribution >= 4 is 11.6 Å². The normalized spacial score (nSPS) is 10.7. The van der Waals surface area contributed by atoms with Gasteiger partial charge in [0.15, 0.2) is 0 Å². The quantitative estimate of drug-likeness (QED) is 0.910. The van der Waals surface area contributed by atoms with Gasteiger partial charge < -0.3 is 10.5 Å². The SMILES string of the molecule is CCc1nn(C)c(COc2ccc(CN)nc2)c1Cl. The molecule has 0 unspecified atom stereocenters. The Morgan fingerprint density at radius 1 is 1.42 bits per heavy atom. The number of nitrogens with zero attached hydrogens (tertiary/aromatic N) is 3. The first-order chi connectivity index (χ1) is 9.15. The predicted octanol–water partition coefficient (Wildman–Crippen LogP) is 2.07. The molecule has 0 fully saturated rings. The van der Waals surface area contributed by atoms with E-state index in [1.807, 2.05) is 26.1 Å². The zero-order chi connectivity index (χ0) is 13.8. The number of hydrogen-bond acceptors (Lipinski definition) is 4. The van der Waals surface area contributed by atoms with Gasteiger partial charge in [-0.25, -0.2) is 0 Å². The molecule has 0 saturated carbocycles. The summed E-state index contributed by atoms with van der Waals surface area (Å²) < 4.78 is 7.42. The van der Waals surface area contributed by atoms with Crippen LogP contribution in [-0.2, 0) is 26.6 Å². The lowest BCUT2D eigenvalue weighted by molar-refractivity contribution is 0.293. The number of ether oxygens (including phenoxy) is 1. The molecule has 6 heteroatoms. The van der Waals surface area contributed by atoms with E-state index < -0.39 is 0 Å². The van der Waals surface area contributed by atoms with E-state index in [0.29, 0.717) is 23.9 Å². The third-order valence-electron chi connectivity index (χ3n) is 2.89. The summed E-state index contributed by atoms with van der Waals surface area (Å²) in [5.41, 5.74) is 8.07. The standard InChI is InChI=1S/C13H17ClN4O/c1-3-11-13(14)12(18(2)17-11)8-19-10-5-4-9(6-15)16-7-10/h4-5,7H,3,6,8,15H2,1-2H3. The maximum atomic E-state index is 6.25. The van der Waals surface area contributed by atoms with Crippen molar-refractivity contribution in [3.8, 4) is 5.75 Å². The van der Waals surface area contributed by atoms with Gasteiger partial charge in [0.2, 0.25) is 0 Å². The highest BCUT2D eigenvalue weighted by molar-refractivity contribution is 6.31. The van der Waals surface area contributed by atoms with Crippen LogP contribution in [0, 0.1) is 0 Å². The van der Waals surface area contributed by atoms with Gasteiger partial charge in [0, 0.05) is 13.6 Å². The highest BCUT2D eigenvalue weighted by atomic mass is 35.5. The maximum absolute atomic E-state index is 6.25. The summed E-state index contributed by atoms with van der Waals surface area (Å²) in [6, 6.07) is 3.69. The lowest BCUT2D eigenvalue weighted by Gasteiger charge is -2.07. The lowest BCUT2D eigenvalue weighted by Crippen LogP contribution is -2.04. The molecule has 2 N–H and O–H groups in total. The van der Waals surface area contributed by atoms with Crippen LogP contribution in [0.4, 0.5) is 0 Å². The van der Waals surface area contributed by atoms with E-state index in [0.717, 1.165) is 23.5 Å². The molecule has 0 aliphatic heterocycles. The van der Waals surface area contributed by atoms with Gasteiger partial charge in [-0.3, -0.25) is 9.67 Å². The van der Waals surface area contributed by atoms with Crippen LogP contribution in [-0.4, -0.2) is 14.8 Å². The van der Waals surface area contributed by atoms with Crippen molar-refractivity contribution < 1.29 is 4.74 Å². The average Bonchev–Trinajstić information content (AvgIpc) is 2.72. The molecule has 2 heterocycles. The van der Waals surface area contributed by atoms with E-state index in [4.69, 9.17) is 22.1 Å². The fraction of sp³-hybridized carbons (Fsp3) is 0.385. The number of halogens is 1. The van der Waals surface area contributed by atoms with Gasteiger partial charge in [0.05, 0.1) is 28.3 Å². The summed E-state index contributed by atoms with van der Waals surface area (Å²) in [5, 5.41) is 5.02. The molecular weight excluding hydrogens is 264 g/mol. The number of aromatic nitrogens is 3. The van der Waals surface area contributed by atoms with Crippen molar-refractivity contribution in [1.82, 2.24) is 14.8 Å². The molecule has 0 radical (unpaired) electrons. The van der Waals surface area contributed by atoms with Crippen LogP contribution in [0.3, 0.4) is 0 Å². The summed E-state index contributed by atoms with van der Waals surface area (Å²) in [7, 11) is 1.86. The number of rotatable bonds is 5. The van der Waals surface area contributed by atoms with Gasteiger partial charge in [-0.2, -0.15) is 5.10 Å². The van der Waals surface area contributed by atoms with Gasteiger partial charge in [-0.05, 0) is 18.6 Å². The van der Waals surface area contributed by atoms with Crippen LogP contribution in [0.15, 0.2) is 18.3 Å². The van der Waals surface area contributed by atoms with Gasteiger partial charge in [0.1, 0.15) is 12.4 Å². The first-order valence-electron chi connectivity index (χ1n) is 6.13. The lowest BCUT2D eigenvalue weighted by atomic mass is 10.3. The highest BCUT2D eigenvalue weighted by Crippen LogP contribution is 2.22. The average molecular weight is 281 g/mol. The molecular formula is C13H17ClN4O. The van der Waals surface area contributed by atoms with Crippen LogP contribution >= 0.6 is 11.6 Å². The molecule has 0 aliphatic carbocycles. The van der Waals surface area contributed by atoms with Crippen molar-refractivity contribution in [3.63, 3.8) is 0 Å². The topological polar surface area (TPSA) is 66.0 Å². The summed E-state index contributed by atoms with van der Waals surface area (Å²) in [4.78, 5) is 4.17. The molecule has 102 valence electrons. The summed E-state index contributed by atoms with van der Waals surface area (Å²) in [6.07, 6.45) is 2.46. The van der Waals surface area contributed by atoms with E-state index in [1.165, 1.54) is 0 Å². The second-order valence-corrected chi connectivity index (χ2v) is 4.54. The van der Waals surface area contributed by atoms with E-state index in [9.17, 15) is 0 Å². The third kappa shape index (κ3) is 3.05. The predicted molar refractivity (Wildman–Crippen MR) is 74.1 cm³/mol. The second kappa shape index (κ2) is 6.04. The van der Waals surface area contributed by atoms with Crippen LogP contribution < -0.4 is 10.5 Å². The molecule has 0 bridgehead atoms. The van der Waals surface area contributed by atoms with Crippen LogP contribution in [0.2, 0.25) is 5.02 Å². The fourth-order valence-corrected chi connectivity index (χ4v) is 2.09. The van der Waals surface area contributed by atoms with Crippen LogP contribution in [0.25, 0.3) is 0 Å². The Morgan fingerprint density at radius 3 is 2.74 bits per heavy atom. The first-order valence-corrected chi connectivity index (χ1v) is 6.51. The summed E-state index contributed by atoms with van der Waals surface area (Å²) in [6.45, 7) is 2.81. The van der Waals surface area contributed by atoms with E-state index in [-0.39, 0.29) is 0 Å². The Kier molecular flexibility index (Phi) is 4.39. The Labute approximate surface area is 117 Å². The monoisotopic (exact) mass is 280 g/mol. The molecule has 5 nitrogen and oxygen atoms in total. The molecule has 0 atom stereocenters. The van der Waals surface area contributed by atoms with Crippen molar-refractivity contribution in [2.45, 2.75) is 26.5 Å². The smallest absolute Gasteiger partial charge is 0.138 e. The maximum Gasteiger partial charge on any atom is 0.138 e. The van der Waals surface area contributed by atoms with Crippen LogP contribution in [0.5, 0.6) is 5.75 Å². The highest BCUT2D eigenvalue weighted by Gasteiger charge is 2.13. The second-order valence-electron chi connectivity index (χ2n) is 4.16. The summed E-state index contributed by atoms with van der Waals surface area (Å²) >= 11 is 6.25. The Morgan fingerprint density at radius 2 is 2.21 bits per heavy atom. The third-order valence-corrected chi connectivity index (χ3v) is 3.32.